The zero-order chi connectivity index (χ0) is 12.4. The summed E-state index contributed by atoms with van der Waals surface area (Å²) in [5.74, 6) is 0.433. The maximum Gasteiger partial charge on any atom is 0.201 e. The zero-order valence-electron chi connectivity index (χ0n) is 9.87. The van der Waals surface area contributed by atoms with Gasteiger partial charge >= 0.3 is 0 Å². The van der Waals surface area contributed by atoms with E-state index in [1.165, 1.54) is 12.1 Å². The van der Waals surface area contributed by atoms with Crippen LogP contribution in [0, 0.1) is 11.7 Å². The molecule has 0 saturated heterocycles. The Hall–Kier alpha value is -1.62. The molecule has 2 aromatic rings. The number of H-pyrrole nitrogens is 1. The molecular formula is C12H16FN3O. The number of aromatic amines is 1. The van der Waals surface area contributed by atoms with Crippen molar-refractivity contribution >= 4 is 17.0 Å². The van der Waals surface area contributed by atoms with Gasteiger partial charge in [0.25, 0.3) is 0 Å². The average molecular weight is 237 g/mol. The standard InChI is InChI=1S/C12H16FN3O/c1-7(6-17)8(2)14-12-15-10-4-3-9(13)5-11(10)16-12/h3-5,7-8,17H,6H2,1-2H3,(H2,14,15,16). The Balaban J connectivity index is 2.19. The molecule has 2 rings (SSSR count). The normalized spacial score (nSPS) is 14.8. The van der Waals surface area contributed by atoms with Crippen molar-refractivity contribution in [2.75, 3.05) is 11.9 Å². The molecule has 4 nitrogen and oxygen atoms in total. The third-order valence-corrected chi connectivity index (χ3v) is 2.95. The number of anilines is 1. The van der Waals surface area contributed by atoms with Crippen molar-refractivity contribution in [1.29, 1.82) is 0 Å². The van der Waals surface area contributed by atoms with E-state index < -0.39 is 0 Å². The van der Waals surface area contributed by atoms with Crippen molar-refractivity contribution < 1.29 is 9.50 Å². The molecule has 92 valence electrons. The lowest BCUT2D eigenvalue weighted by atomic mass is 10.1. The van der Waals surface area contributed by atoms with Gasteiger partial charge in [-0.1, -0.05) is 6.92 Å². The summed E-state index contributed by atoms with van der Waals surface area (Å²) in [6.07, 6.45) is 0. The number of aliphatic hydroxyl groups is 1. The van der Waals surface area contributed by atoms with Crippen LogP contribution in [0.4, 0.5) is 10.3 Å². The first-order chi connectivity index (χ1) is 8.10. The van der Waals surface area contributed by atoms with Crippen LogP contribution in [-0.2, 0) is 0 Å². The summed E-state index contributed by atoms with van der Waals surface area (Å²) in [7, 11) is 0. The predicted octanol–water partition coefficient (Wildman–Crippen LogP) is 2.13. The number of aliphatic hydroxyl groups excluding tert-OH is 1. The van der Waals surface area contributed by atoms with Crippen LogP contribution in [0.15, 0.2) is 18.2 Å². The van der Waals surface area contributed by atoms with Crippen molar-refractivity contribution in [1.82, 2.24) is 9.97 Å². The minimum atomic E-state index is -0.288. The largest absolute Gasteiger partial charge is 0.396 e. The van der Waals surface area contributed by atoms with E-state index in [2.05, 4.69) is 15.3 Å². The Kier molecular flexibility index (Phi) is 3.28. The van der Waals surface area contributed by atoms with Gasteiger partial charge in [0, 0.05) is 12.6 Å². The number of halogens is 1. The minimum absolute atomic E-state index is 0.0883. The number of benzene rings is 1. The van der Waals surface area contributed by atoms with Crippen LogP contribution in [-0.4, -0.2) is 27.7 Å². The van der Waals surface area contributed by atoms with Crippen LogP contribution in [0.5, 0.6) is 0 Å². The molecule has 0 saturated carbocycles. The molecule has 1 aromatic carbocycles. The van der Waals surface area contributed by atoms with Crippen molar-refractivity contribution in [2.24, 2.45) is 5.92 Å². The van der Waals surface area contributed by atoms with Gasteiger partial charge in [0.1, 0.15) is 5.82 Å². The quantitative estimate of drug-likeness (QED) is 0.763. The molecule has 2 unspecified atom stereocenters. The van der Waals surface area contributed by atoms with Crippen LogP contribution < -0.4 is 5.32 Å². The molecule has 0 aliphatic rings. The van der Waals surface area contributed by atoms with Gasteiger partial charge in [-0.05, 0) is 31.0 Å². The first-order valence-electron chi connectivity index (χ1n) is 5.63. The number of nitrogens with one attached hydrogen (secondary N) is 2. The number of rotatable bonds is 4. The van der Waals surface area contributed by atoms with Gasteiger partial charge in [0.15, 0.2) is 0 Å². The number of hydrogen-bond donors (Lipinski definition) is 3. The maximum absolute atomic E-state index is 13.0. The van der Waals surface area contributed by atoms with Gasteiger partial charge in [-0.25, -0.2) is 9.37 Å². The Bertz CT molecular complexity index is 511. The Labute approximate surface area is 98.9 Å². The van der Waals surface area contributed by atoms with Crippen LogP contribution in [0.1, 0.15) is 13.8 Å². The molecule has 1 aromatic heterocycles. The van der Waals surface area contributed by atoms with E-state index in [4.69, 9.17) is 5.11 Å². The van der Waals surface area contributed by atoms with Gasteiger partial charge in [-0.15, -0.1) is 0 Å². The number of aromatic nitrogens is 2. The molecule has 0 amide bonds. The van der Waals surface area contributed by atoms with Gasteiger partial charge < -0.3 is 15.4 Å². The van der Waals surface area contributed by atoms with E-state index in [1.54, 1.807) is 6.07 Å². The molecule has 0 fully saturated rings. The van der Waals surface area contributed by atoms with E-state index in [9.17, 15) is 4.39 Å². The highest BCUT2D eigenvalue weighted by atomic mass is 19.1. The van der Waals surface area contributed by atoms with E-state index in [-0.39, 0.29) is 24.4 Å². The van der Waals surface area contributed by atoms with E-state index in [0.717, 1.165) is 5.52 Å². The number of nitrogens with zero attached hydrogens (tertiary/aromatic N) is 1. The van der Waals surface area contributed by atoms with Crippen molar-refractivity contribution in [2.45, 2.75) is 19.9 Å². The van der Waals surface area contributed by atoms with Crippen LogP contribution >= 0.6 is 0 Å². The topological polar surface area (TPSA) is 60.9 Å². The highest BCUT2D eigenvalue weighted by Crippen LogP contribution is 2.17. The Morgan fingerprint density at radius 1 is 1.47 bits per heavy atom. The second kappa shape index (κ2) is 4.71. The molecule has 2 atom stereocenters. The summed E-state index contributed by atoms with van der Waals surface area (Å²) in [4.78, 5) is 7.30. The summed E-state index contributed by atoms with van der Waals surface area (Å²) < 4.78 is 13.0. The predicted molar refractivity (Wildman–Crippen MR) is 65.4 cm³/mol. The average Bonchev–Trinajstić information content (AvgIpc) is 2.69. The molecule has 17 heavy (non-hydrogen) atoms. The molecule has 5 heteroatoms. The summed E-state index contributed by atoms with van der Waals surface area (Å²) in [6, 6.07) is 4.51. The van der Waals surface area contributed by atoms with Gasteiger partial charge in [0.2, 0.25) is 5.95 Å². The highest BCUT2D eigenvalue weighted by molar-refractivity contribution is 5.77. The lowest BCUT2D eigenvalue weighted by Gasteiger charge is -2.18. The van der Waals surface area contributed by atoms with Crippen LogP contribution in [0.2, 0.25) is 0 Å². The molecule has 0 aliphatic carbocycles. The number of imidazole rings is 1. The first kappa shape index (κ1) is 11.9. The third kappa shape index (κ3) is 2.55. The van der Waals surface area contributed by atoms with Gasteiger partial charge in [0.05, 0.1) is 11.0 Å². The fourth-order valence-corrected chi connectivity index (χ4v) is 1.57. The first-order valence-corrected chi connectivity index (χ1v) is 5.63. The number of fused-ring (bicyclic) bond motifs is 1. The summed E-state index contributed by atoms with van der Waals surface area (Å²) in [6.45, 7) is 4.03. The summed E-state index contributed by atoms with van der Waals surface area (Å²) in [5, 5.41) is 12.2. The SMILES string of the molecule is CC(CO)C(C)Nc1nc2ccc(F)cc2[nH]1. The highest BCUT2D eigenvalue weighted by Gasteiger charge is 2.12. The molecule has 0 spiro atoms. The lowest BCUT2D eigenvalue weighted by Crippen LogP contribution is -2.26. The second-order valence-electron chi connectivity index (χ2n) is 4.34. The van der Waals surface area contributed by atoms with E-state index >= 15 is 0 Å². The summed E-state index contributed by atoms with van der Waals surface area (Å²) in [5.41, 5.74) is 1.38. The van der Waals surface area contributed by atoms with Gasteiger partial charge in [-0.3, -0.25) is 0 Å². The van der Waals surface area contributed by atoms with Crippen molar-refractivity contribution in [3.05, 3.63) is 24.0 Å². The molecule has 0 aliphatic heterocycles. The van der Waals surface area contributed by atoms with E-state index in [0.29, 0.717) is 11.5 Å². The van der Waals surface area contributed by atoms with Crippen LogP contribution in [0.25, 0.3) is 11.0 Å². The second-order valence-corrected chi connectivity index (χ2v) is 4.34. The monoisotopic (exact) mass is 237 g/mol. The maximum atomic E-state index is 13.0. The molecule has 0 bridgehead atoms. The van der Waals surface area contributed by atoms with Crippen molar-refractivity contribution in [3.63, 3.8) is 0 Å². The lowest BCUT2D eigenvalue weighted by molar-refractivity contribution is 0.226. The van der Waals surface area contributed by atoms with Gasteiger partial charge in [-0.2, -0.15) is 0 Å². The Morgan fingerprint density at radius 2 is 2.24 bits per heavy atom. The molecule has 3 N–H and O–H groups in total. The number of hydrogen-bond acceptors (Lipinski definition) is 3. The molecule has 0 radical (unpaired) electrons. The minimum Gasteiger partial charge on any atom is -0.396 e. The third-order valence-electron chi connectivity index (χ3n) is 2.95. The van der Waals surface area contributed by atoms with Crippen LogP contribution in [0.3, 0.4) is 0 Å². The molecular weight excluding hydrogens is 221 g/mol. The van der Waals surface area contributed by atoms with E-state index in [1.807, 2.05) is 13.8 Å². The fourth-order valence-electron chi connectivity index (χ4n) is 1.57. The fraction of sp³-hybridized carbons (Fsp3) is 0.417. The Morgan fingerprint density at radius 3 is 2.94 bits per heavy atom. The smallest absolute Gasteiger partial charge is 0.201 e. The molecule has 1 heterocycles. The van der Waals surface area contributed by atoms with Crippen molar-refractivity contribution in [3.8, 4) is 0 Å². The zero-order valence-corrected chi connectivity index (χ0v) is 9.87. The summed E-state index contributed by atoms with van der Waals surface area (Å²) >= 11 is 0.